The summed E-state index contributed by atoms with van der Waals surface area (Å²) in [6.45, 7) is 4.95. The molecule has 3 aromatic rings. The van der Waals surface area contributed by atoms with Gasteiger partial charge < -0.3 is 20.3 Å². The summed E-state index contributed by atoms with van der Waals surface area (Å²) in [5, 5.41) is 13.8. The van der Waals surface area contributed by atoms with Gasteiger partial charge in [-0.25, -0.2) is 9.18 Å². The van der Waals surface area contributed by atoms with Gasteiger partial charge in [0.25, 0.3) is 5.91 Å². The van der Waals surface area contributed by atoms with Crippen molar-refractivity contribution in [2.75, 3.05) is 19.6 Å². The lowest BCUT2D eigenvalue weighted by atomic mass is 9.89. The lowest BCUT2D eigenvalue weighted by Crippen LogP contribution is -2.44. The van der Waals surface area contributed by atoms with E-state index >= 15 is 0 Å². The molecule has 2 aromatic carbocycles. The number of phenols is 1. The summed E-state index contributed by atoms with van der Waals surface area (Å²) in [7, 11) is 0. The fraction of sp³-hybridized carbons (Fsp3) is 0.280. The number of benzene rings is 2. The average Bonchev–Trinajstić information content (AvgIpc) is 3.27. The maximum atomic E-state index is 14.2. The highest BCUT2D eigenvalue weighted by Gasteiger charge is 2.51. The molecule has 1 aromatic heterocycles. The van der Waals surface area contributed by atoms with Gasteiger partial charge in [-0.2, -0.15) is 0 Å². The minimum atomic E-state index is -0.662. The average molecular weight is 483 g/mol. The number of nitrogens with zero attached hydrogens (tertiary/aromatic N) is 2. The highest BCUT2D eigenvalue weighted by molar-refractivity contribution is 6.31. The van der Waals surface area contributed by atoms with Crippen molar-refractivity contribution in [3.63, 3.8) is 0 Å². The van der Waals surface area contributed by atoms with Gasteiger partial charge >= 0.3 is 6.03 Å². The quantitative estimate of drug-likeness (QED) is 0.270. The van der Waals surface area contributed by atoms with Gasteiger partial charge in [-0.15, -0.1) is 6.58 Å². The van der Waals surface area contributed by atoms with Crippen LogP contribution in [-0.2, 0) is 17.6 Å². The molecule has 9 heteroatoms. The van der Waals surface area contributed by atoms with E-state index in [9.17, 15) is 19.1 Å². The van der Waals surface area contributed by atoms with E-state index in [0.717, 1.165) is 22.2 Å². The van der Waals surface area contributed by atoms with E-state index in [1.807, 2.05) is 6.07 Å². The Bertz CT molecular complexity index is 1310. The Morgan fingerprint density at radius 2 is 2.12 bits per heavy atom. The normalized spacial score (nSPS) is 19.6. The third kappa shape index (κ3) is 3.73. The first kappa shape index (κ1) is 22.4. The number of phenolic OH excluding ortho intramolecular Hbond substituents is 1. The Labute approximate surface area is 200 Å². The van der Waals surface area contributed by atoms with Crippen molar-refractivity contribution in [1.82, 2.24) is 20.1 Å². The Hall–Kier alpha value is -3.36. The van der Waals surface area contributed by atoms with E-state index < -0.39 is 17.9 Å². The predicted molar refractivity (Wildman–Crippen MR) is 127 cm³/mol. The number of hydrogen-bond donors (Lipinski definition) is 3. The summed E-state index contributed by atoms with van der Waals surface area (Å²) in [5.41, 5.74) is 2.99. The third-order valence-corrected chi connectivity index (χ3v) is 6.82. The fourth-order valence-electron chi connectivity index (χ4n) is 5.01. The number of imide groups is 1. The molecule has 0 bridgehead atoms. The molecule has 176 valence electrons. The molecule has 2 atom stereocenters. The van der Waals surface area contributed by atoms with Crippen molar-refractivity contribution in [3.8, 4) is 5.75 Å². The summed E-state index contributed by atoms with van der Waals surface area (Å²) in [5.74, 6) is -0.669. The zero-order valence-electron chi connectivity index (χ0n) is 18.4. The number of H-pyrrole nitrogens is 1. The van der Waals surface area contributed by atoms with Gasteiger partial charge in [0.15, 0.2) is 0 Å². The Morgan fingerprint density at radius 3 is 2.88 bits per heavy atom. The topological polar surface area (TPSA) is 88.7 Å². The molecule has 5 rings (SSSR count). The molecule has 7 nitrogen and oxygen atoms in total. The van der Waals surface area contributed by atoms with Crippen molar-refractivity contribution in [2.24, 2.45) is 0 Å². The molecule has 1 unspecified atom stereocenters. The van der Waals surface area contributed by atoms with Crippen LogP contribution in [0.1, 0.15) is 22.9 Å². The zero-order chi connectivity index (χ0) is 24.0. The predicted octanol–water partition coefficient (Wildman–Crippen LogP) is 3.91. The number of aromatic nitrogens is 1. The summed E-state index contributed by atoms with van der Waals surface area (Å²) < 4.78 is 14.2. The fourth-order valence-corrected chi connectivity index (χ4v) is 5.18. The largest absolute Gasteiger partial charge is 0.508 e. The standard InChI is InChI=1S/C25H24ClFN4O3/c1-2-6-28-7-8-30-24(33)22-12-17-16-11-18(26)19(27)13-20(16)29-23(17)21(31(22)25(30)34)10-14-4-3-5-15(32)9-14/h2-5,9,11,13,21-22,28-29,32H,1,6-8,10,12H2/t21?,22-/m0/s1. The number of rotatable bonds is 7. The maximum Gasteiger partial charge on any atom is 0.328 e. The lowest BCUT2D eigenvalue weighted by molar-refractivity contribution is -0.128. The minimum Gasteiger partial charge on any atom is -0.508 e. The number of carbonyl (C=O) groups excluding carboxylic acids is 2. The van der Waals surface area contributed by atoms with E-state index in [1.54, 1.807) is 35.2 Å². The van der Waals surface area contributed by atoms with Crippen molar-refractivity contribution in [3.05, 3.63) is 76.7 Å². The molecular weight excluding hydrogens is 459 g/mol. The summed E-state index contributed by atoms with van der Waals surface area (Å²) in [4.78, 5) is 33.0. The van der Waals surface area contributed by atoms with Crippen LogP contribution < -0.4 is 5.32 Å². The molecule has 0 aliphatic carbocycles. The van der Waals surface area contributed by atoms with Crippen LogP contribution in [0, 0.1) is 5.82 Å². The molecule has 0 radical (unpaired) electrons. The van der Waals surface area contributed by atoms with Crippen LogP contribution >= 0.6 is 11.6 Å². The number of aromatic amines is 1. The van der Waals surface area contributed by atoms with E-state index in [4.69, 9.17) is 11.6 Å². The Balaban J connectivity index is 1.57. The van der Waals surface area contributed by atoms with Crippen LogP contribution in [0.4, 0.5) is 9.18 Å². The minimum absolute atomic E-state index is 0.00463. The van der Waals surface area contributed by atoms with Crippen molar-refractivity contribution >= 4 is 34.4 Å². The second kappa shape index (κ2) is 8.77. The molecule has 34 heavy (non-hydrogen) atoms. The SMILES string of the molecule is C=CCNCCN1C(=O)[C@@H]2Cc3c([nH]c4cc(F)c(Cl)cc34)C(Cc3cccc(O)c3)N2C1=O. The summed E-state index contributed by atoms with van der Waals surface area (Å²) >= 11 is 6.07. The molecule has 3 N–H and O–H groups in total. The molecule has 1 fully saturated rings. The van der Waals surface area contributed by atoms with E-state index in [-0.39, 0.29) is 29.3 Å². The van der Waals surface area contributed by atoms with Gasteiger partial charge in [0.05, 0.1) is 11.1 Å². The van der Waals surface area contributed by atoms with E-state index in [0.29, 0.717) is 31.4 Å². The molecule has 0 saturated carbocycles. The second-order valence-corrected chi connectivity index (χ2v) is 9.02. The summed E-state index contributed by atoms with van der Waals surface area (Å²) in [6.07, 6.45) is 2.41. The molecule has 3 heterocycles. The van der Waals surface area contributed by atoms with E-state index in [2.05, 4.69) is 16.9 Å². The van der Waals surface area contributed by atoms with Crippen LogP contribution in [0.25, 0.3) is 10.9 Å². The molecule has 3 amide bonds. The van der Waals surface area contributed by atoms with Crippen LogP contribution in [0.15, 0.2) is 49.1 Å². The third-order valence-electron chi connectivity index (χ3n) is 6.53. The molecule has 0 spiro atoms. The van der Waals surface area contributed by atoms with Gasteiger partial charge in [-0.05, 0) is 41.8 Å². The van der Waals surface area contributed by atoms with Crippen LogP contribution in [0.3, 0.4) is 0 Å². The molecule has 2 aliphatic heterocycles. The van der Waals surface area contributed by atoms with Gasteiger partial charge in [-0.3, -0.25) is 9.69 Å². The number of halogens is 2. The zero-order valence-corrected chi connectivity index (χ0v) is 19.1. The number of fused-ring (bicyclic) bond motifs is 4. The number of hydrogen-bond acceptors (Lipinski definition) is 4. The number of nitrogens with one attached hydrogen (secondary N) is 2. The van der Waals surface area contributed by atoms with E-state index in [1.165, 1.54) is 11.0 Å². The first-order valence-corrected chi connectivity index (χ1v) is 11.5. The van der Waals surface area contributed by atoms with Gasteiger partial charge in [-0.1, -0.05) is 29.8 Å². The molecule has 1 saturated heterocycles. The van der Waals surface area contributed by atoms with Crippen LogP contribution in [-0.4, -0.2) is 57.5 Å². The second-order valence-electron chi connectivity index (χ2n) is 8.61. The molecule has 2 aliphatic rings. The number of urea groups is 1. The number of aromatic hydroxyl groups is 1. The van der Waals surface area contributed by atoms with Crippen molar-refractivity contribution in [2.45, 2.75) is 24.9 Å². The van der Waals surface area contributed by atoms with Crippen LogP contribution in [0.5, 0.6) is 5.75 Å². The lowest BCUT2D eigenvalue weighted by Gasteiger charge is -2.36. The van der Waals surface area contributed by atoms with Crippen molar-refractivity contribution in [1.29, 1.82) is 0 Å². The van der Waals surface area contributed by atoms with Gasteiger partial charge in [0.2, 0.25) is 0 Å². The van der Waals surface area contributed by atoms with Crippen molar-refractivity contribution < 1.29 is 19.1 Å². The monoisotopic (exact) mass is 482 g/mol. The Morgan fingerprint density at radius 1 is 1.29 bits per heavy atom. The number of amides is 3. The first-order chi connectivity index (χ1) is 16.4. The maximum absolute atomic E-state index is 14.2. The van der Waals surface area contributed by atoms with Gasteiger partial charge in [0.1, 0.15) is 17.6 Å². The number of carbonyl (C=O) groups is 2. The van der Waals surface area contributed by atoms with Crippen LogP contribution in [0.2, 0.25) is 5.02 Å². The highest BCUT2D eigenvalue weighted by Crippen LogP contribution is 2.43. The summed E-state index contributed by atoms with van der Waals surface area (Å²) in [6, 6.07) is 8.22. The highest BCUT2D eigenvalue weighted by atomic mass is 35.5. The molecular formula is C25H24ClFN4O3. The Kier molecular flexibility index (Phi) is 5.79. The first-order valence-electron chi connectivity index (χ1n) is 11.1. The van der Waals surface area contributed by atoms with Gasteiger partial charge in [0, 0.05) is 42.7 Å². The smallest absolute Gasteiger partial charge is 0.328 e.